The van der Waals surface area contributed by atoms with Crippen LogP contribution in [0.25, 0.3) is 0 Å². The number of amides is 2. The molecule has 2 amide bonds. The topological polar surface area (TPSA) is 91.2 Å². The number of ether oxygens (including phenoxy) is 1. The molecule has 6 heteroatoms. The lowest BCUT2D eigenvalue weighted by Gasteiger charge is -2.13. The van der Waals surface area contributed by atoms with Gasteiger partial charge in [-0.05, 0) is 37.6 Å². The summed E-state index contributed by atoms with van der Waals surface area (Å²) >= 11 is 0. The molecule has 0 spiro atoms. The molecule has 1 rings (SSSR count). The van der Waals surface area contributed by atoms with Crippen LogP contribution in [0.4, 0.5) is 5.69 Å². The number of carbonyl (C=O) groups excluding carboxylic acids is 2. The van der Waals surface area contributed by atoms with Crippen molar-refractivity contribution in [1.82, 2.24) is 5.32 Å². The third kappa shape index (κ3) is 9.48. The third-order valence-corrected chi connectivity index (χ3v) is 3.66. The quantitative estimate of drug-likeness (QED) is 0.603. The van der Waals surface area contributed by atoms with E-state index < -0.39 is 0 Å². The molecular weight excluding hydrogens is 318 g/mol. The molecule has 0 aliphatic heterocycles. The molecule has 0 radical (unpaired) electrons. The third-order valence-electron chi connectivity index (χ3n) is 3.66. The summed E-state index contributed by atoms with van der Waals surface area (Å²) in [7, 11) is 0. The van der Waals surface area contributed by atoms with E-state index in [0.717, 1.165) is 12.8 Å². The molecule has 0 saturated heterocycles. The molecule has 0 bridgehead atoms. The summed E-state index contributed by atoms with van der Waals surface area (Å²) in [6.45, 7) is 3.81. The minimum absolute atomic E-state index is 0.112. The Bertz CT molecular complexity index is 579. The monoisotopic (exact) mass is 345 g/mol. The minimum Gasteiger partial charge on any atom is -0.362 e. The zero-order chi connectivity index (χ0) is 18.5. The summed E-state index contributed by atoms with van der Waals surface area (Å²) in [5, 5.41) is 14.2. The average molecular weight is 345 g/mol. The van der Waals surface area contributed by atoms with Crippen LogP contribution in [0.3, 0.4) is 0 Å². The molecule has 1 aromatic rings. The van der Waals surface area contributed by atoms with Crippen molar-refractivity contribution >= 4 is 17.5 Å². The number of benzene rings is 1. The van der Waals surface area contributed by atoms with Crippen molar-refractivity contribution in [2.75, 3.05) is 18.5 Å². The van der Waals surface area contributed by atoms with Crippen LogP contribution in [0.1, 0.15) is 51.5 Å². The van der Waals surface area contributed by atoms with E-state index in [2.05, 4.69) is 17.6 Å². The number of unbranched alkanes of at least 4 members (excludes halogenated alkanes) is 3. The second-order valence-corrected chi connectivity index (χ2v) is 6.05. The largest absolute Gasteiger partial charge is 0.362 e. The van der Waals surface area contributed by atoms with E-state index >= 15 is 0 Å². The first-order valence-corrected chi connectivity index (χ1v) is 8.72. The smallest absolute Gasteiger partial charge is 0.250 e. The van der Waals surface area contributed by atoms with E-state index in [1.165, 1.54) is 19.3 Å². The van der Waals surface area contributed by atoms with Gasteiger partial charge in [-0.25, -0.2) is 0 Å². The Hall–Kier alpha value is -2.39. The molecule has 0 aliphatic rings. The molecule has 6 nitrogen and oxygen atoms in total. The second kappa shape index (κ2) is 12.0. The van der Waals surface area contributed by atoms with Crippen molar-refractivity contribution < 1.29 is 14.3 Å². The maximum atomic E-state index is 11.8. The lowest BCUT2D eigenvalue weighted by atomic mass is 10.1. The number of nitrogens with one attached hydrogen (secondary N) is 2. The SMILES string of the molecule is CCCCCC[C@@H](C)NC(=O)COCC(=O)Nc1ccc(C#N)cc1. The first-order chi connectivity index (χ1) is 12.0. The van der Waals surface area contributed by atoms with E-state index in [1.54, 1.807) is 24.3 Å². The number of nitrogens with zero attached hydrogens (tertiary/aromatic N) is 1. The predicted molar refractivity (Wildman–Crippen MR) is 97.0 cm³/mol. The molecule has 136 valence electrons. The first-order valence-electron chi connectivity index (χ1n) is 8.72. The number of anilines is 1. The van der Waals surface area contributed by atoms with Crippen LogP contribution < -0.4 is 10.6 Å². The maximum Gasteiger partial charge on any atom is 0.250 e. The Morgan fingerprint density at radius 3 is 2.44 bits per heavy atom. The van der Waals surface area contributed by atoms with Crippen LogP contribution in [0.5, 0.6) is 0 Å². The summed E-state index contributed by atoms with van der Waals surface area (Å²) in [6, 6.07) is 8.64. The number of hydrogen-bond donors (Lipinski definition) is 2. The second-order valence-electron chi connectivity index (χ2n) is 6.05. The normalized spacial score (nSPS) is 11.4. The average Bonchev–Trinajstić information content (AvgIpc) is 2.59. The van der Waals surface area contributed by atoms with Crippen LogP contribution in [0.15, 0.2) is 24.3 Å². The molecular formula is C19H27N3O3. The van der Waals surface area contributed by atoms with Gasteiger partial charge >= 0.3 is 0 Å². The summed E-state index contributed by atoms with van der Waals surface area (Å²) in [5.74, 6) is -0.556. The summed E-state index contributed by atoms with van der Waals surface area (Å²) in [6.07, 6.45) is 5.65. The van der Waals surface area contributed by atoms with Gasteiger partial charge in [0.15, 0.2) is 0 Å². The standard InChI is InChI=1S/C19H27N3O3/c1-3-4-5-6-7-15(2)21-18(23)13-25-14-19(24)22-17-10-8-16(12-20)9-11-17/h8-11,15H,3-7,13-14H2,1-2H3,(H,21,23)(H,22,24)/t15-/m1/s1. The minimum atomic E-state index is -0.342. The Labute approximate surface area is 149 Å². The summed E-state index contributed by atoms with van der Waals surface area (Å²) in [5.41, 5.74) is 1.10. The Morgan fingerprint density at radius 1 is 1.12 bits per heavy atom. The van der Waals surface area contributed by atoms with Crippen LogP contribution in [-0.2, 0) is 14.3 Å². The van der Waals surface area contributed by atoms with Crippen molar-refractivity contribution in [2.45, 2.75) is 52.0 Å². The van der Waals surface area contributed by atoms with Crippen LogP contribution in [-0.4, -0.2) is 31.1 Å². The molecule has 1 atom stereocenters. The molecule has 2 N–H and O–H groups in total. The van der Waals surface area contributed by atoms with Gasteiger partial charge in [0.05, 0.1) is 11.6 Å². The van der Waals surface area contributed by atoms with Gasteiger partial charge in [-0.1, -0.05) is 32.6 Å². The van der Waals surface area contributed by atoms with Gasteiger partial charge in [-0.15, -0.1) is 0 Å². The maximum absolute atomic E-state index is 11.8. The van der Waals surface area contributed by atoms with E-state index in [0.29, 0.717) is 11.3 Å². The predicted octanol–water partition coefficient (Wildman–Crippen LogP) is 2.99. The van der Waals surface area contributed by atoms with E-state index in [9.17, 15) is 9.59 Å². The van der Waals surface area contributed by atoms with Gasteiger partial charge in [0, 0.05) is 11.7 Å². The van der Waals surface area contributed by atoms with E-state index in [-0.39, 0.29) is 31.1 Å². The lowest BCUT2D eigenvalue weighted by molar-refractivity contribution is -0.129. The number of hydrogen-bond acceptors (Lipinski definition) is 4. The van der Waals surface area contributed by atoms with Gasteiger partial charge in [0.25, 0.3) is 0 Å². The Balaban J connectivity index is 2.17. The molecule has 0 aliphatic carbocycles. The first kappa shape index (κ1) is 20.7. The number of nitriles is 1. The highest BCUT2D eigenvalue weighted by Gasteiger charge is 2.09. The van der Waals surface area contributed by atoms with Crippen LogP contribution >= 0.6 is 0 Å². The Kier molecular flexibility index (Phi) is 9.95. The fraction of sp³-hybridized carbons (Fsp3) is 0.526. The summed E-state index contributed by atoms with van der Waals surface area (Å²) < 4.78 is 5.14. The zero-order valence-corrected chi connectivity index (χ0v) is 15.0. The molecule has 0 aromatic heterocycles. The fourth-order valence-corrected chi connectivity index (χ4v) is 2.33. The van der Waals surface area contributed by atoms with Gasteiger partial charge in [-0.3, -0.25) is 9.59 Å². The van der Waals surface area contributed by atoms with Gasteiger partial charge in [0.2, 0.25) is 11.8 Å². The molecule has 0 saturated carbocycles. The van der Waals surface area contributed by atoms with Gasteiger partial charge in [-0.2, -0.15) is 5.26 Å². The molecule has 0 fully saturated rings. The fourth-order valence-electron chi connectivity index (χ4n) is 2.33. The van der Waals surface area contributed by atoms with Gasteiger partial charge in [0.1, 0.15) is 13.2 Å². The lowest BCUT2D eigenvalue weighted by Crippen LogP contribution is -2.36. The molecule has 25 heavy (non-hydrogen) atoms. The van der Waals surface area contributed by atoms with Crippen molar-refractivity contribution in [3.05, 3.63) is 29.8 Å². The van der Waals surface area contributed by atoms with Gasteiger partial charge < -0.3 is 15.4 Å². The highest BCUT2D eigenvalue weighted by atomic mass is 16.5. The zero-order valence-electron chi connectivity index (χ0n) is 15.0. The highest BCUT2D eigenvalue weighted by Crippen LogP contribution is 2.08. The van der Waals surface area contributed by atoms with Crippen molar-refractivity contribution in [3.63, 3.8) is 0 Å². The van der Waals surface area contributed by atoms with Crippen molar-refractivity contribution in [2.24, 2.45) is 0 Å². The summed E-state index contributed by atoms with van der Waals surface area (Å²) in [4.78, 5) is 23.5. The van der Waals surface area contributed by atoms with Crippen molar-refractivity contribution in [3.8, 4) is 6.07 Å². The number of carbonyl (C=O) groups is 2. The molecule has 1 aromatic carbocycles. The molecule has 0 heterocycles. The van der Waals surface area contributed by atoms with Crippen LogP contribution in [0, 0.1) is 11.3 Å². The highest BCUT2D eigenvalue weighted by molar-refractivity contribution is 5.91. The molecule has 0 unspecified atom stereocenters. The van der Waals surface area contributed by atoms with Crippen LogP contribution in [0.2, 0.25) is 0 Å². The Morgan fingerprint density at radius 2 is 1.80 bits per heavy atom. The van der Waals surface area contributed by atoms with Crippen molar-refractivity contribution in [1.29, 1.82) is 5.26 Å². The van der Waals surface area contributed by atoms with E-state index in [1.807, 2.05) is 13.0 Å². The number of rotatable bonds is 11. The van der Waals surface area contributed by atoms with E-state index in [4.69, 9.17) is 10.00 Å².